The summed E-state index contributed by atoms with van der Waals surface area (Å²) in [5.41, 5.74) is 0. The van der Waals surface area contributed by atoms with Gasteiger partial charge in [0.1, 0.15) is 6.29 Å². The highest BCUT2D eigenvalue weighted by Gasteiger charge is 1.95. The molecule has 0 aliphatic rings. The van der Waals surface area contributed by atoms with Crippen LogP contribution in [0.3, 0.4) is 0 Å². The van der Waals surface area contributed by atoms with Crippen LogP contribution in [0.5, 0.6) is 0 Å². The van der Waals surface area contributed by atoms with Crippen molar-refractivity contribution in [2.24, 2.45) is 0 Å². The highest BCUT2D eigenvalue weighted by atomic mass is 16.4. The number of carboxylic acid groups (broad SMARTS) is 1. The van der Waals surface area contributed by atoms with Crippen molar-refractivity contribution in [1.82, 2.24) is 0 Å². The van der Waals surface area contributed by atoms with Crippen molar-refractivity contribution in [2.75, 3.05) is 0 Å². The molecule has 0 aromatic heterocycles. The van der Waals surface area contributed by atoms with E-state index in [0.29, 0.717) is 6.42 Å². The summed E-state index contributed by atoms with van der Waals surface area (Å²) in [6.07, 6.45) is 11.8. The van der Waals surface area contributed by atoms with Crippen LogP contribution in [0.4, 0.5) is 0 Å². The Morgan fingerprint density at radius 3 is 2.20 bits per heavy atom. The Morgan fingerprint density at radius 2 is 1.60 bits per heavy atom. The lowest BCUT2D eigenvalue weighted by Gasteiger charge is -1.98. The summed E-state index contributed by atoms with van der Waals surface area (Å²) in [5, 5.41) is 8.40. The second kappa shape index (κ2) is 11.0. The van der Waals surface area contributed by atoms with Crippen LogP contribution < -0.4 is 0 Å². The van der Waals surface area contributed by atoms with Crippen LogP contribution in [0.25, 0.3) is 0 Å². The molecule has 0 radical (unpaired) electrons. The molecule has 1 N–H and O–H groups in total. The van der Waals surface area contributed by atoms with Crippen molar-refractivity contribution in [1.29, 1.82) is 0 Å². The first-order chi connectivity index (χ1) is 7.27. The van der Waals surface area contributed by atoms with Crippen LogP contribution in [0.1, 0.15) is 51.4 Å². The molecule has 86 valence electrons. The van der Waals surface area contributed by atoms with E-state index in [1.807, 2.05) is 6.08 Å². The molecule has 3 nitrogen and oxygen atoms in total. The standard InChI is InChI=1S/C12H20O3/c13-11-9-7-5-3-1-2-4-6-8-10-12(14)15/h7,9,11H,1-6,8,10H2,(H,14,15)/b9-7+. The minimum absolute atomic E-state index is 0.294. The number of allylic oxidation sites excluding steroid dienone is 2. The van der Waals surface area contributed by atoms with E-state index in [-0.39, 0.29) is 0 Å². The Hall–Kier alpha value is -1.12. The summed E-state index contributed by atoms with van der Waals surface area (Å²) >= 11 is 0. The Bertz CT molecular complexity index is 197. The van der Waals surface area contributed by atoms with Gasteiger partial charge in [0.25, 0.3) is 0 Å². The summed E-state index contributed by atoms with van der Waals surface area (Å²) < 4.78 is 0. The maximum absolute atomic E-state index is 10.2. The molecule has 0 aliphatic heterocycles. The van der Waals surface area contributed by atoms with E-state index in [1.54, 1.807) is 0 Å². The van der Waals surface area contributed by atoms with E-state index in [0.717, 1.165) is 51.2 Å². The molecular weight excluding hydrogens is 192 g/mol. The minimum atomic E-state index is -0.700. The first-order valence-electron chi connectivity index (χ1n) is 5.59. The second-order valence-corrected chi connectivity index (χ2v) is 3.62. The van der Waals surface area contributed by atoms with Crippen LogP contribution in [0.2, 0.25) is 0 Å². The molecule has 0 amide bonds. The van der Waals surface area contributed by atoms with Gasteiger partial charge in [-0.05, 0) is 25.3 Å². The fourth-order valence-corrected chi connectivity index (χ4v) is 1.40. The van der Waals surface area contributed by atoms with Gasteiger partial charge in [-0.3, -0.25) is 9.59 Å². The summed E-state index contributed by atoms with van der Waals surface area (Å²) in [7, 11) is 0. The van der Waals surface area contributed by atoms with Crippen LogP contribution in [-0.4, -0.2) is 17.4 Å². The van der Waals surface area contributed by atoms with E-state index in [2.05, 4.69) is 0 Å². The molecule has 0 atom stereocenters. The van der Waals surface area contributed by atoms with Crippen molar-refractivity contribution < 1.29 is 14.7 Å². The molecule has 0 unspecified atom stereocenters. The summed E-state index contributed by atoms with van der Waals surface area (Å²) in [6.45, 7) is 0. The van der Waals surface area contributed by atoms with Gasteiger partial charge in [-0.15, -0.1) is 0 Å². The summed E-state index contributed by atoms with van der Waals surface area (Å²) in [6, 6.07) is 0. The quantitative estimate of drug-likeness (QED) is 0.344. The van der Waals surface area contributed by atoms with Crippen LogP contribution in [-0.2, 0) is 9.59 Å². The van der Waals surface area contributed by atoms with Gasteiger partial charge in [0.2, 0.25) is 0 Å². The fourth-order valence-electron chi connectivity index (χ4n) is 1.40. The lowest BCUT2D eigenvalue weighted by atomic mass is 10.1. The number of rotatable bonds is 10. The topological polar surface area (TPSA) is 54.4 Å². The van der Waals surface area contributed by atoms with E-state index in [9.17, 15) is 9.59 Å². The monoisotopic (exact) mass is 212 g/mol. The Labute approximate surface area is 91.2 Å². The predicted molar refractivity (Wildman–Crippen MR) is 59.8 cm³/mol. The lowest BCUT2D eigenvalue weighted by molar-refractivity contribution is -0.137. The highest BCUT2D eigenvalue weighted by molar-refractivity contribution is 5.66. The maximum Gasteiger partial charge on any atom is 0.303 e. The predicted octanol–water partition coefficient (Wildman–Crippen LogP) is 2.95. The molecule has 0 aromatic rings. The second-order valence-electron chi connectivity index (χ2n) is 3.62. The van der Waals surface area contributed by atoms with Gasteiger partial charge in [-0.2, -0.15) is 0 Å². The zero-order valence-corrected chi connectivity index (χ0v) is 9.15. The molecule has 0 saturated heterocycles. The third kappa shape index (κ3) is 12.9. The van der Waals surface area contributed by atoms with Crippen LogP contribution >= 0.6 is 0 Å². The maximum atomic E-state index is 10.2. The molecule has 3 heteroatoms. The van der Waals surface area contributed by atoms with E-state index < -0.39 is 5.97 Å². The molecule has 0 aromatic carbocycles. The smallest absolute Gasteiger partial charge is 0.303 e. The summed E-state index contributed by atoms with van der Waals surface area (Å²) in [5.74, 6) is -0.700. The number of carboxylic acids is 1. The van der Waals surface area contributed by atoms with Gasteiger partial charge in [0.15, 0.2) is 0 Å². The third-order valence-electron chi connectivity index (χ3n) is 2.23. The molecule has 15 heavy (non-hydrogen) atoms. The average molecular weight is 212 g/mol. The normalized spacial score (nSPS) is 10.7. The van der Waals surface area contributed by atoms with Crippen molar-refractivity contribution in [3.8, 4) is 0 Å². The van der Waals surface area contributed by atoms with Gasteiger partial charge < -0.3 is 5.11 Å². The first kappa shape index (κ1) is 13.9. The van der Waals surface area contributed by atoms with Crippen molar-refractivity contribution in [2.45, 2.75) is 51.4 Å². The highest BCUT2D eigenvalue weighted by Crippen LogP contribution is 2.08. The van der Waals surface area contributed by atoms with Gasteiger partial charge in [-0.25, -0.2) is 0 Å². The lowest BCUT2D eigenvalue weighted by Crippen LogP contribution is -1.93. The summed E-state index contributed by atoms with van der Waals surface area (Å²) in [4.78, 5) is 20.1. The van der Waals surface area contributed by atoms with Crippen molar-refractivity contribution in [3.63, 3.8) is 0 Å². The molecule has 0 spiro atoms. The number of unbranched alkanes of at least 4 members (excludes halogenated alkanes) is 6. The molecular formula is C12H20O3. The van der Waals surface area contributed by atoms with E-state index in [4.69, 9.17) is 5.11 Å². The zero-order chi connectivity index (χ0) is 11.4. The number of carbonyl (C=O) groups is 2. The largest absolute Gasteiger partial charge is 0.481 e. The van der Waals surface area contributed by atoms with Gasteiger partial charge in [0, 0.05) is 6.42 Å². The SMILES string of the molecule is O=C/C=C/CCCCCCCCC(=O)O. The third-order valence-corrected chi connectivity index (χ3v) is 2.23. The number of carbonyl (C=O) groups excluding carboxylic acids is 1. The Kier molecular flexibility index (Phi) is 10.1. The van der Waals surface area contributed by atoms with E-state index >= 15 is 0 Å². The molecule has 0 heterocycles. The first-order valence-corrected chi connectivity index (χ1v) is 5.59. The zero-order valence-electron chi connectivity index (χ0n) is 9.15. The molecule has 0 saturated carbocycles. The number of hydrogen-bond acceptors (Lipinski definition) is 2. The Balaban J connectivity index is 3.01. The van der Waals surface area contributed by atoms with Gasteiger partial charge >= 0.3 is 5.97 Å². The van der Waals surface area contributed by atoms with Gasteiger partial charge in [0.05, 0.1) is 0 Å². The average Bonchev–Trinajstić information content (AvgIpc) is 2.20. The molecule has 0 bridgehead atoms. The number of aliphatic carboxylic acids is 1. The molecule has 0 fully saturated rings. The molecule has 0 aliphatic carbocycles. The van der Waals surface area contributed by atoms with Crippen molar-refractivity contribution >= 4 is 12.3 Å². The minimum Gasteiger partial charge on any atom is -0.481 e. The molecule has 0 rings (SSSR count). The van der Waals surface area contributed by atoms with Crippen LogP contribution in [0, 0.1) is 0 Å². The van der Waals surface area contributed by atoms with Gasteiger partial charge in [-0.1, -0.05) is 31.8 Å². The van der Waals surface area contributed by atoms with Crippen LogP contribution in [0.15, 0.2) is 12.2 Å². The number of hydrogen-bond donors (Lipinski definition) is 1. The van der Waals surface area contributed by atoms with Crippen molar-refractivity contribution in [3.05, 3.63) is 12.2 Å². The fraction of sp³-hybridized carbons (Fsp3) is 0.667. The number of aldehydes is 1. The Morgan fingerprint density at radius 1 is 1.00 bits per heavy atom. The van der Waals surface area contributed by atoms with E-state index in [1.165, 1.54) is 6.08 Å².